The third-order valence-electron chi connectivity index (χ3n) is 4.99. The van der Waals surface area contributed by atoms with Crippen molar-refractivity contribution in [1.82, 2.24) is 20.3 Å². The molecule has 7 heteroatoms. The van der Waals surface area contributed by atoms with Crippen LogP contribution in [0.4, 0.5) is 11.6 Å². The van der Waals surface area contributed by atoms with E-state index in [0.717, 1.165) is 44.2 Å². The van der Waals surface area contributed by atoms with Crippen LogP contribution in [-0.4, -0.2) is 53.6 Å². The number of amides is 1. The highest BCUT2D eigenvalue weighted by Crippen LogP contribution is 2.16. The van der Waals surface area contributed by atoms with Gasteiger partial charge in [-0.15, -0.1) is 0 Å². The van der Waals surface area contributed by atoms with Crippen LogP contribution in [0.5, 0.6) is 0 Å². The van der Waals surface area contributed by atoms with Gasteiger partial charge in [-0.3, -0.25) is 4.79 Å². The average molecular weight is 388 g/mol. The molecule has 0 aliphatic carbocycles. The lowest BCUT2D eigenvalue weighted by molar-refractivity contribution is 0.0949. The average Bonchev–Trinajstić information content (AvgIpc) is 2.80. The first-order valence-electron chi connectivity index (χ1n) is 9.85. The maximum atomic E-state index is 12.3. The number of nitrogens with one attached hydrogen (secondary N) is 1. The molecule has 148 valence electrons. The molecule has 7 nitrogen and oxygen atoms in total. The van der Waals surface area contributed by atoms with Crippen molar-refractivity contribution < 1.29 is 4.79 Å². The predicted octanol–water partition coefficient (Wildman–Crippen LogP) is 2.17. The van der Waals surface area contributed by atoms with E-state index < -0.39 is 0 Å². The maximum absolute atomic E-state index is 12.3. The summed E-state index contributed by atoms with van der Waals surface area (Å²) in [6.45, 7) is 4.00. The molecule has 0 spiro atoms. The van der Waals surface area contributed by atoms with Crippen molar-refractivity contribution in [3.05, 3.63) is 78.4 Å². The summed E-state index contributed by atoms with van der Waals surface area (Å²) >= 11 is 0. The van der Waals surface area contributed by atoms with E-state index in [1.165, 1.54) is 5.56 Å². The van der Waals surface area contributed by atoms with Gasteiger partial charge in [0.15, 0.2) is 0 Å². The summed E-state index contributed by atoms with van der Waals surface area (Å²) in [5.41, 5.74) is 1.54. The number of hydrogen-bond donors (Lipinski definition) is 1. The molecule has 1 saturated heterocycles. The van der Waals surface area contributed by atoms with Gasteiger partial charge < -0.3 is 15.1 Å². The van der Waals surface area contributed by atoms with Gasteiger partial charge in [0.05, 0.1) is 12.4 Å². The molecule has 0 atom stereocenters. The van der Waals surface area contributed by atoms with Gasteiger partial charge in [-0.05, 0) is 24.1 Å². The number of carbonyl (C=O) groups excluding carboxylic acids is 1. The van der Waals surface area contributed by atoms with Crippen molar-refractivity contribution >= 4 is 17.5 Å². The summed E-state index contributed by atoms with van der Waals surface area (Å²) in [5.74, 6) is 1.60. The first-order valence-corrected chi connectivity index (χ1v) is 9.85. The van der Waals surface area contributed by atoms with Gasteiger partial charge in [-0.2, -0.15) is 0 Å². The van der Waals surface area contributed by atoms with Crippen LogP contribution >= 0.6 is 0 Å². The van der Waals surface area contributed by atoms with Crippen molar-refractivity contribution in [1.29, 1.82) is 0 Å². The summed E-state index contributed by atoms with van der Waals surface area (Å²) < 4.78 is 0. The van der Waals surface area contributed by atoms with Crippen molar-refractivity contribution in [3.8, 4) is 0 Å². The number of hydrogen-bond acceptors (Lipinski definition) is 6. The second-order valence-electron chi connectivity index (χ2n) is 6.91. The lowest BCUT2D eigenvalue weighted by atomic mass is 10.1. The van der Waals surface area contributed by atoms with Crippen LogP contribution in [0.3, 0.4) is 0 Å². The molecule has 2 aromatic heterocycles. The van der Waals surface area contributed by atoms with Crippen LogP contribution in [0, 0.1) is 0 Å². The van der Waals surface area contributed by atoms with Crippen LogP contribution in [0.15, 0.2) is 67.1 Å². The second-order valence-corrected chi connectivity index (χ2v) is 6.91. The van der Waals surface area contributed by atoms with Crippen LogP contribution in [0.25, 0.3) is 0 Å². The van der Waals surface area contributed by atoms with Crippen molar-refractivity contribution in [2.75, 3.05) is 42.5 Å². The zero-order valence-corrected chi connectivity index (χ0v) is 16.2. The van der Waals surface area contributed by atoms with Crippen molar-refractivity contribution in [2.24, 2.45) is 0 Å². The summed E-state index contributed by atoms with van der Waals surface area (Å²) in [6, 6.07) is 16.0. The highest BCUT2D eigenvalue weighted by molar-refractivity contribution is 5.92. The molecule has 1 aliphatic rings. The molecule has 29 heavy (non-hydrogen) atoms. The zero-order valence-electron chi connectivity index (χ0n) is 16.2. The minimum Gasteiger partial charge on any atom is -0.353 e. The molecule has 1 fully saturated rings. The first kappa shape index (κ1) is 18.9. The zero-order chi connectivity index (χ0) is 19.9. The molecule has 3 aromatic rings. The highest BCUT2D eigenvalue weighted by atomic mass is 16.1. The van der Waals surface area contributed by atoms with E-state index in [2.05, 4.69) is 30.1 Å². The lowest BCUT2D eigenvalue weighted by Crippen LogP contribution is -2.47. The molecule has 0 unspecified atom stereocenters. The lowest BCUT2D eigenvalue weighted by Gasteiger charge is -2.35. The molecule has 1 amide bonds. The number of pyridine rings is 1. The van der Waals surface area contributed by atoms with Crippen LogP contribution in [0.1, 0.15) is 16.1 Å². The SMILES string of the molecule is O=C(NCCc1ccccc1)c1cnc(N2CCN(c3ccccn3)CC2)cn1. The molecule has 1 aromatic carbocycles. The number of anilines is 2. The Morgan fingerprint density at radius 1 is 0.828 bits per heavy atom. The molecule has 1 aliphatic heterocycles. The largest absolute Gasteiger partial charge is 0.353 e. The van der Waals surface area contributed by atoms with Gasteiger partial charge in [0, 0.05) is 38.9 Å². The van der Waals surface area contributed by atoms with Crippen LogP contribution in [-0.2, 0) is 6.42 Å². The Kier molecular flexibility index (Phi) is 5.95. The van der Waals surface area contributed by atoms with Crippen molar-refractivity contribution in [3.63, 3.8) is 0 Å². The van der Waals surface area contributed by atoms with E-state index in [4.69, 9.17) is 0 Å². The Labute approximate surface area is 170 Å². The quantitative estimate of drug-likeness (QED) is 0.698. The van der Waals surface area contributed by atoms with Gasteiger partial charge in [0.2, 0.25) is 0 Å². The number of piperazine rings is 1. The van der Waals surface area contributed by atoms with Gasteiger partial charge in [0.25, 0.3) is 5.91 Å². The van der Waals surface area contributed by atoms with Crippen molar-refractivity contribution in [2.45, 2.75) is 6.42 Å². The number of benzene rings is 1. The van der Waals surface area contributed by atoms with E-state index in [1.54, 1.807) is 12.4 Å². The Morgan fingerprint density at radius 3 is 2.21 bits per heavy atom. The van der Waals surface area contributed by atoms with E-state index in [-0.39, 0.29) is 5.91 Å². The van der Waals surface area contributed by atoms with Gasteiger partial charge >= 0.3 is 0 Å². The van der Waals surface area contributed by atoms with E-state index >= 15 is 0 Å². The molecule has 0 saturated carbocycles. The third-order valence-corrected chi connectivity index (χ3v) is 4.99. The van der Waals surface area contributed by atoms with Gasteiger partial charge in [-0.25, -0.2) is 15.0 Å². The Hall–Kier alpha value is -3.48. The summed E-state index contributed by atoms with van der Waals surface area (Å²) in [4.78, 5) is 29.9. The molecule has 0 bridgehead atoms. The summed E-state index contributed by atoms with van der Waals surface area (Å²) in [7, 11) is 0. The van der Waals surface area contributed by atoms with E-state index in [0.29, 0.717) is 12.2 Å². The minimum absolute atomic E-state index is 0.194. The van der Waals surface area contributed by atoms with Crippen LogP contribution in [0.2, 0.25) is 0 Å². The first-order chi connectivity index (χ1) is 14.3. The Morgan fingerprint density at radius 2 is 1.55 bits per heavy atom. The molecular formula is C22H24N6O. The topological polar surface area (TPSA) is 74.2 Å². The van der Waals surface area contributed by atoms with E-state index in [9.17, 15) is 4.79 Å². The second kappa shape index (κ2) is 9.14. The molecule has 1 N–H and O–H groups in total. The maximum Gasteiger partial charge on any atom is 0.271 e. The Bertz CT molecular complexity index is 909. The fourth-order valence-electron chi connectivity index (χ4n) is 3.36. The predicted molar refractivity (Wildman–Crippen MR) is 113 cm³/mol. The smallest absolute Gasteiger partial charge is 0.271 e. The summed E-state index contributed by atoms with van der Waals surface area (Å²) in [5, 5.41) is 2.90. The minimum atomic E-state index is -0.194. The number of aromatic nitrogens is 3. The van der Waals surface area contributed by atoms with Gasteiger partial charge in [-0.1, -0.05) is 36.4 Å². The number of rotatable bonds is 6. The molecular weight excluding hydrogens is 364 g/mol. The standard InChI is InChI=1S/C22H24N6O/c29-22(24-11-9-18-6-2-1-3-7-18)19-16-26-21(17-25-19)28-14-12-27(13-15-28)20-8-4-5-10-23-20/h1-8,10,16-17H,9,11-15H2,(H,24,29). The number of nitrogens with zero attached hydrogens (tertiary/aromatic N) is 5. The normalized spacial score (nSPS) is 13.9. The third kappa shape index (κ3) is 4.87. The van der Waals surface area contributed by atoms with Crippen LogP contribution < -0.4 is 15.1 Å². The summed E-state index contributed by atoms with van der Waals surface area (Å²) in [6.07, 6.45) is 5.84. The van der Waals surface area contributed by atoms with Gasteiger partial charge in [0.1, 0.15) is 17.3 Å². The number of carbonyl (C=O) groups is 1. The fourth-order valence-corrected chi connectivity index (χ4v) is 3.36. The molecule has 3 heterocycles. The monoisotopic (exact) mass is 388 g/mol. The van der Waals surface area contributed by atoms with E-state index in [1.807, 2.05) is 54.7 Å². The molecule has 4 rings (SSSR count). The fraction of sp³-hybridized carbons (Fsp3) is 0.273. The Balaban J connectivity index is 1.27. The highest BCUT2D eigenvalue weighted by Gasteiger charge is 2.19. The molecule has 0 radical (unpaired) electrons.